The number of carbonyl (C=O) groups excluding carboxylic acids is 8. The number of carboxylic acid groups (broad SMARTS) is 1. The summed E-state index contributed by atoms with van der Waals surface area (Å²) < 4.78 is 30.8. The van der Waals surface area contributed by atoms with Crippen LogP contribution in [0.15, 0.2) is 54.7 Å². The number of aliphatic hydroxyl groups is 1. The van der Waals surface area contributed by atoms with Crippen LogP contribution >= 0.6 is 0 Å². The lowest BCUT2D eigenvalue weighted by atomic mass is 9.81. The van der Waals surface area contributed by atoms with Crippen molar-refractivity contribution in [2.75, 3.05) is 33.3 Å². The molecule has 0 aliphatic heterocycles. The molecule has 4 rings (SSSR count). The van der Waals surface area contributed by atoms with Crippen molar-refractivity contribution in [2.24, 2.45) is 28.4 Å². The third kappa shape index (κ3) is 20.9. The van der Waals surface area contributed by atoms with Crippen molar-refractivity contribution in [3.63, 3.8) is 0 Å². The molecule has 1 fully saturated rings. The predicted molar refractivity (Wildman–Crippen MR) is 307 cm³/mol. The maximum absolute atomic E-state index is 15.1. The number of aldehydes is 1. The highest BCUT2D eigenvalue weighted by atomic mass is 19.1. The van der Waals surface area contributed by atoms with E-state index in [9.17, 15) is 57.8 Å². The molecule has 0 radical (unpaired) electrons. The summed E-state index contributed by atoms with van der Waals surface area (Å²) in [5.41, 5.74) is 6.69. The first-order chi connectivity index (χ1) is 39.1. The first kappa shape index (κ1) is 68.4. The lowest BCUT2D eigenvalue weighted by Gasteiger charge is -2.40. The molecule has 83 heavy (non-hydrogen) atoms. The van der Waals surface area contributed by atoms with E-state index in [1.165, 1.54) is 16.5 Å². The van der Waals surface area contributed by atoms with E-state index < -0.39 is 94.8 Å². The molecule has 9 N–H and O–H groups in total. The zero-order valence-electron chi connectivity index (χ0n) is 49.6. The Morgan fingerprint density at radius 2 is 1.55 bits per heavy atom. The Kier molecular flexibility index (Phi) is 26.4. The van der Waals surface area contributed by atoms with E-state index in [1.807, 2.05) is 51.1 Å². The molecule has 3 aromatic rings. The molecule has 1 aromatic heterocycles. The number of aliphatic carboxylic acids is 1. The van der Waals surface area contributed by atoms with Crippen LogP contribution in [0.2, 0.25) is 0 Å². The van der Waals surface area contributed by atoms with E-state index in [-0.39, 0.29) is 74.1 Å². The predicted octanol–water partition coefficient (Wildman–Crippen LogP) is 4.79. The Bertz CT molecular complexity index is 2700. The number of carboxylic acids is 1. The number of amides is 7. The van der Waals surface area contributed by atoms with Crippen molar-refractivity contribution >= 4 is 53.6 Å². The number of benzene rings is 2. The Hall–Kier alpha value is -7.14. The molecule has 1 saturated carbocycles. The van der Waals surface area contributed by atoms with Gasteiger partial charge in [-0.3, -0.25) is 33.6 Å². The summed E-state index contributed by atoms with van der Waals surface area (Å²) >= 11 is 0. The highest BCUT2D eigenvalue weighted by Crippen LogP contribution is 2.40. The van der Waals surface area contributed by atoms with Crippen molar-refractivity contribution in [1.29, 1.82) is 0 Å². The minimum Gasteiger partial charge on any atom is -0.480 e. The highest BCUT2D eigenvalue weighted by Gasteiger charge is 2.40. The largest absolute Gasteiger partial charge is 0.480 e. The second-order valence-electron chi connectivity index (χ2n) is 23.9. The number of aliphatic hydroxyl groups excluding tert-OH is 1. The van der Waals surface area contributed by atoms with E-state index in [0.717, 1.165) is 30.0 Å². The summed E-state index contributed by atoms with van der Waals surface area (Å²) in [6, 6.07) is 6.76. The van der Waals surface area contributed by atoms with Crippen molar-refractivity contribution in [2.45, 2.75) is 175 Å². The number of nitrogens with two attached hydrogens (primary N) is 1. The van der Waals surface area contributed by atoms with Gasteiger partial charge in [-0.05, 0) is 93.7 Å². The van der Waals surface area contributed by atoms with Gasteiger partial charge in [-0.25, -0.2) is 18.3 Å². The first-order valence-electron chi connectivity index (χ1n) is 28.7. The van der Waals surface area contributed by atoms with Crippen molar-refractivity contribution < 1.29 is 62.1 Å². The Morgan fingerprint density at radius 3 is 2.19 bits per heavy atom. The molecule has 1 heterocycles. The van der Waals surface area contributed by atoms with Gasteiger partial charge in [0.25, 0.3) is 0 Å². The van der Waals surface area contributed by atoms with Gasteiger partial charge in [-0.1, -0.05) is 85.2 Å². The summed E-state index contributed by atoms with van der Waals surface area (Å²) in [7, 11) is 1.67. The number of rotatable bonds is 33. The Labute approximate surface area is 486 Å². The molecular formula is C60H88F2N10O11. The van der Waals surface area contributed by atoms with E-state index in [4.69, 9.17) is 10.8 Å². The lowest BCUT2D eigenvalue weighted by Crippen LogP contribution is -2.56. The van der Waals surface area contributed by atoms with Gasteiger partial charge < -0.3 is 57.1 Å². The molecule has 0 saturated heterocycles. The van der Waals surface area contributed by atoms with E-state index in [2.05, 4.69) is 26.6 Å². The van der Waals surface area contributed by atoms with Crippen LogP contribution in [0, 0.1) is 34.3 Å². The number of carbonyl (C=O) groups is 9. The van der Waals surface area contributed by atoms with Crippen LogP contribution in [0.1, 0.15) is 155 Å². The van der Waals surface area contributed by atoms with Gasteiger partial charge in [-0.15, -0.1) is 0 Å². The monoisotopic (exact) mass is 1160 g/mol. The second kappa shape index (κ2) is 32.1. The minimum atomic E-state index is -1.29. The van der Waals surface area contributed by atoms with Crippen LogP contribution in [0.25, 0.3) is 5.69 Å². The van der Waals surface area contributed by atoms with E-state index in [0.29, 0.717) is 75.6 Å². The molecule has 0 spiro atoms. The van der Waals surface area contributed by atoms with Crippen LogP contribution in [-0.2, 0) is 49.6 Å². The third-order valence-electron chi connectivity index (χ3n) is 15.0. The van der Waals surface area contributed by atoms with Gasteiger partial charge in [0.2, 0.25) is 41.4 Å². The third-order valence-corrected chi connectivity index (χ3v) is 15.0. The molecule has 0 bridgehead atoms. The summed E-state index contributed by atoms with van der Waals surface area (Å²) in [5.74, 6) is -6.67. The lowest BCUT2D eigenvalue weighted by molar-refractivity contribution is -0.142. The van der Waals surface area contributed by atoms with Crippen molar-refractivity contribution in [3.05, 3.63) is 83.2 Å². The van der Waals surface area contributed by atoms with Crippen LogP contribution in [0.4, 0.5) is 8.78 Å². The molecule has 1 aliphatic rings. The smallest absolute Gasteiger partial charge is 0.326 e. The Morgan fingerprint density at radius 1 is 0.855 bits per heavy atom. The van der Waals surface area contributed by atoms with Gasteiger partial charge in [0.1, 0.15) is 48.3 Å². The van der Waals surface area contributed by atoms with Gasteiger partial charge in [0.15, 0.2) is 0 Å². The van der Waals surface area contributed by atoms with Crippen molar-refractivity contribution in [1.82, 2.24) is 46.2 Å². The van der Waals surface area contributed by atoms with Crippen molar-refractivity contribution in [3.8, 4) is 5.69 Å². The van der Waals surface area contributed by atoms with Gasteiger partial charge in [0.05, 0.1) is 23.2 Å². The maximum Gasteiger partial charge on any atom is 0.326 e. The quantitative estimate of drug-likeness (QED) is 0.0301. The molecule has 21 nitrogen and oxygen atoms in total. The topological polar surface area (TPSA) is 305 Å². The fourth-order valence-electron chi connectivity index (χ4n) is 10.2. The SMILES string of the molecule is CC(NC(=O)C(NC(=O)CCCCCN(C)C(=O)C(C)(C)CC=O)C(C)C)C(=O)NC(CCCCNC(=O)C1CCC(NC(=O)C(N)CCN(C(=O)CO)C(c2nn(-c3cc(F)ccc3F)cc2Cc2ccccc2)C(C)(C)C)C1)C(=O)O. The highest BCUT2D eigenvalue weighted by molar-refractivity contribution is 5.93. The average molecular weight is 1160 g/mol. The second-order valence-corrected chi connectivity index (χ2v) is 23.9. The number of aromatic nitrogens is 2. The fraction of sp³-hybridized carbons (Fsp3) is 0.600. The average Bonchev–Trinajstić information content (AvgIpc) is 4.22. The summed E-state index contributed by atoms with van der Waals surface area (Å²) in [6.45, 7) is 13.7. The molecule has 7 unspecified atom stereocenters. The molecule has 7 amide bonds. The van der Waals surface area contributed by atoms with E-state index >= 15 is 4.39 Å². The number of hydrogen-bond donors (Lipinski definition) is 8. The maximum atomic E-state index is 15.1. The summed E-state index contributed by atoms with van der Waals surface area (Å²) in [5, 5.41) is 38.5. The van der Waals surface area contributed by atoms with Crippen LogP contribution in [0.5, 0.6) is 0 Å². The molecule has 23 heteroatoms. The van der Waals surface area contributed by atoms with Crippen LogP contribution in [0.3, 0.4) is 0 Å². The number of nitrogens with one attached hydrogen (secondary N) is 5. The fourth-order valence-corrected chi connectivity index (χ4v) is 10.2. The standard InChI is InChI=1S/C60H88F2N10O11/c1-37(2)50(68-48(75)21-14-11-17-29-70(9)58(83)60(7,8)27-31-73)56(80)65-38(3)53(77)67-46(57(81)82)20-15-16-28-64-54(78)40-22-24-43(33-40)66-55(79)45(63)26-30-71(49(76)36-74)52(59(4,5)6)51-41(32-39-18-12-10-13-19-39)35-72(69-51)47-34-42(61)23-25-44(47)62/h10,12-13,18-19,23,25,31,34-35,37-38,40,43,45-46,50,52,74H,11,14-17,20-22,24,26-30,32-33,36,63H2,1-9H3,(H,64,78)(H,65,80)(H,66,79)(H,67,77)(H,68,75)(H,81,82). The normalized spacial score (nSPS) is 16.2. The number of nitrogens with zero attached hydrogens (tertiary/aromatic N) is 4. The number of hydrogen-bond acceptors (Lipinski definition) is 12. The van der Waals surface area contributed by atoms with Gasteiger partial charge in [0, 0.05) is 75.7 Å². The number of halogens is 2. The molecule has 458 valence electrons. The van der Waals surface area contributed by atoms with Crippen LogP contribution in [-0.4, -0.2) is 147 Å². The zero-order chi connectivity index (χ0) is 61.8. The molecular weight excluding hydrogens is 1070 g/mol. The zero-order valence-corrected chi connectivity index (χ0v) is 49.6. The molecule has 7 atom stereocenters. The van der Waals surface area contributed by atoms with Gasteiger partial charge >= 0.3 is 5.97 Å². The Balaban J connectivity index is 1.22. The summed E-state index contributed by atoms with van der Waals surface area (Å²) in [6.07, 6.45) is 6.73. The molecule has 1 aliphatic carbocycles. The summed E-state index contributed by atoms with van der Waals surface area (Å²) in [4.78, 5) is 118. The minimum absolute atomic E-state index is 0.0182. The van der Waals surface area contributed by atoms with Gasteiger partial charge in [-0.2, -0.15) is 5.10 Å². The number of unbranched alkanes of at least 4 members (excludes halogenated alkanes) is 3. The van der Waals surface area contributed by atoms with Crippen LogP contribution < -0.4 is 32.3 Å². The van der Waals surface area contributed by atoms with E-state index in [1.54, 1.807) is 45.8 Å². The first-order valence-corrected chi connectivity index (χ1v) is 28.7. The molecule has 2 aromatic carbocycles.